The van der Waals surface area contributed by atoms with Gasteiger partial charge >= 0.3 is 0 Å². The molecule has 1 aromatic carbocycles. The topological polar surface area (TPSA) is 87.7 Å². The number of carbonyl (C=O) groups is 2. The second-order valence-corrected chi connectivity index (χ2v) is 5.91. The number of nitrogens with zero attached hydrogens (tertiary/aromatic N) is 4. The van der Waals surface area contributed by atoms with Crippen LogP contribution < -0.4 is 10.1 Å². The number of anilines is 2. The van der Waals surface area contributed by atoms with E-state index in [0.29, 0.717) is 37.7 Å². The van der Waals surface area contributed by atoms with Crippen molar-refractivity contribution in [2.24, 2.45) is 0 Å². The number of aromatic nitrogens is 2. The number of amides is 2. The molecule has 0 unspecified atom stereocenters. The highest BCUT2D eigenvalue weighted by Crippen LogP contribution is 2.25. The molecule has 1 fully saturated rings. The van der Waals surface area contributed by atoms with Crippen molar-refractivity contribution in [3.05, 3.63) is 42.4 Å². The third kappa shape index (κ3) is 3.90. The van der Waals surface area contributed by atoms with E-state index in [4.69, 9.17) is 4.74 Å². The van der Waals surface area contributed by atoms with Gasteiger partial charge in [0.15, 0.2) is 0 Å². The fourth-order valence-electron chi connectivity index (χ4n) is 2.78. The Morgan fingerprint density at radius 2 is 1.73 bits per heavy atom. The molecule has 0 radical (unpaired) electrons. The number of hydrogen-bond donors (Lipinski definition) is 1. The number of benzene rings is 1. The van der Waals surface area contributed by atoms with Crippen LogP contribution in [0.5, 0.6) is 5.75 Å². The lowest BCUT2D eigenvalue weighted by Gasteiger charge is -2.33. The molecule has 136 valence electrons. The lowest BCUT2D eigenvalue weighted by molar-refractivity contribution is -0.130. The second-order valence-electron chi connectivity index (χ2n) is 5.91. The van der Waals surface area contributed by atoms with Crippen molar-refractivity contribution < 1.29 is 14.3 Å². The number of nitrogens with one attached hydrogen (secondary N) is 1. The number of rotatable bonds is 4. The van der Waals surface area contributed by atoms with Crippen molar-refractivity contribution >= 4 is 23.3 Å². The van der Waals surface area contributed by atoms with E-state index in [1.54, 1.807) is 16.9 Å². The monoisotopic (exact) mass is 355 g/mol. The lowest BCUT2D eigenvalue weighted by atomic mass is 10.2. The van der Waals surface area contributed by atoms with Crippen molar-refractivity contribution in [1.29, 1.82) is 0 Å². The fourth-order valence-corrected chi connectivity index (χ4v) is 2.78. The summed E-state index contributed by atoms with van der Waals surface area (Å²) in [4.78, 5) is 35.8. The van der Waals surface area contributed by atoms with Crippen molar-refractivity contribution in [3.8, 4) is 5.75 Å². The maximum atomic E-state index is 12.5. The Morgan fingerprint density at radius 3 is 2.35 bits per heavy atom. The van der Waals surface area contributed by atoms with Crippen molar-refractivity contribution in [2.45, 2.75) is 6.92 Å². The first-order valence-electron chi connectivity index (χ1n) is 8.35. The van der Waals surface area contributed by atoms with Gasteiger partial charge in [-0.2, -0.15) is 0 Å². The fraction of sp³-hybridized carbons (Fsp3) is 0.333. The van der Waals surface area contributed by atoms with Crippen LogP contribution in [-0.4, -0.2) is 64.9 Å². The third-order valence-corrected chi connectivity index (χ3v) is 4.25. The van der Waals surface area contributed by atoms with Crippen LogP contribution in [0.2, 0.25) is 0 Å². The Hall–Kier alpha value is -3.16. The Kier molecular flexibility index (Phi) is 5.31. The first-order valence-corrected chi connectivity index (χ1v) is 8.35. The molecule has 8 nitrogen and oxygen atoms in total. The van der Waals surface area contributed by atoms with Crippen molar-refractivity contribution in [3.63, 3.8) is 0 Å². The number of carbonyl (C=O) groups excluding carboxylic acids is 2. The SMILES string of the molecule is COc1ccccc1Nc1cnc(C(=O)N2CCN(C(C)=O)CC2)cn1. The van der Waals surface area contributed by atoms with Crippen molar-refractivity contribution in [1.82, 2.24) is 19.8 Å². The van der Waals surface area contributed by atoms with Crippen molar-refractivity contribution in [2.75, 3.05) is 38.6 Å². The lowest BCUT2D eigenvalue weighted by Crippen LogP contribution is -2.50. The Balaban J connectivity index is 1.64. The van der Waals surface area contributed by atoms with Crippen LogP contribution in [0, 0.1) is 0 Å². The van der Waals surface area contributed by atoms with E-state index in [1.165, 1.54) is 19.3 Å². The molecular formula is C18H21N5O3. The molecule has 0 aliphatic carbocycles. The summed E-state index contributed by atoms with van der Waals surface area (Å²) in [6.45, 7) is 3.63. The average molecular weight is 355 g/mol. The third-order valence-electron chi connectivity index (χ3n) is 4.25. The largest absolute Gasteiger partial charge is 0.495 e. The zero-order valence-electron chi connectivity index (χ0n) is 14.8. The molecule has 8 heteroatoms. The van der Waals surface area contributed by atoms with Gasteiger partial charge in [-0.25, -0.2) is 9.97 Å². The van der Waals surface area contributed by atoms with Crippen LogP contribution in [0.1, 0.15) is 17.4 Å². The van der Waals surface area contributed by atoms with Crippen LogP contribution in [-0.2, 0) is 4.79 Å². The Morgan fingerprint density at radius 1 is 1.04 bits per heavy atom. The van der Waals surface area contributed by atoms with E-state index < -0.39 is 0 Å². The number of methoxy groups -OCH3 is 1. The summed E-state index contributed by atoms with van der Waals surface area (Å²) in [5.74, 6) is 1.07. The molecule has 3 rings (SSSR count). The molecule has 1 saturated heterocycles. The van der Waals surface area contributed by atoms with E-state index in [1.807, 2.05) is 24.3 Å². The van der Waals surface area contributed by atoms with Gasteiger partial charge < -0.3 is 19.9 Å². The summed E-state index contributed by atoms with van der Waals surface area (Å²) < 4.78 is 5.28. The van der Waals surface area contributed by atoms with Crippen LogP contribution >= 0.6 is 0 Å². The average Bonchev–Trinajstić information content (AvgIpc) is 2.68. The van der Waals surface area contributed by atoms with Gasteiger partial charge in [0.1, 0.15) is 17.3 Å². The number of hydrogen-bond acceptors (Lipinski definition) is 6. The smallest absolute Gasteiger partial charge is 0.274 e. The summed E-state index contributed by atoms with van der Waals surface area (Å²) in [5, 5.41) is 3.12. The van der Waals surface area contributed by atoms with Gasteiger partial charge in [-0.3, -0.25) is 9.59 Å². The van der Waals surface area contributed by atoms with E-state index in [2.05, 4.69) is 15.3 Å². The Bertz CT molecular complexity index is 786. The van der Waals surface area contributed by atoms with Gasteiger partial charge in [-0.15, -0.1) is 0 Å². The molecular weight excluding hydrogens is 334 g/mol. The molecule has 1 aliphatic rings. The first-order chi connectivity index (χ1) is 12.6. The predicted molar refractivity (Wildman–Crippen MR) is 96.5 cm³/mol. The van der Waals surface area contributed by atoms with Gasteiger partial charge in [0.05, 0.1) is 25.2 Å². The summed E-state index contributed by atoms with van der Waals surface area (Å²) in [5.41, 5.74) is 1.05. The maximum absolute atomic E-state index is 12.5. The predicted octanol–water partition coefficient (Wildman–Crippen LogP) is 1.53. The molecule has 1 N–H and O–H groups in total. The standard InChI is InChI=1S/C18H21N5O3/c1-13(24)22-7-9-23(10-8-22)18(25)15-11-20-17(12-19-15)21-14-5-3-4-6-16(14)26-2/h3-6,11-12H,7-10H2,1-2H3,(H,20,21). The minimum atomic E-state index is -0.176. The second kappa shape index (κ2) is 7.81. The highest BCUT2D eigenvalue weighted by molar-refractivity contribution is 5.92. The molecule has 0 atom stereocenters. The number of para-hydroxylation sites is 2. The first kappa shape index (κ1) is 17.7. The molecule has 0 spiro atoms. The number of ether oxygens (including phenoxy) is 1. The van der Waals surface area contributed by atoms with E-state index >= 15 is 0 Å². The quantitative estimate of drug-likeness (QED) is 0.895. The van der Waals surface area contributed by atoms with Gasteiger partial charge in [0, 0.05) is 33.1 Å². The zero-order valence-corrected chi connectivity index (χ0v) is 14.8. The van der Waals surface area contributed by atoms with Crippen LogP contribution in [0.25, 0.3) is 0 Å². The minimum Gasteiger partial charge on any atom is -0.495 e. The molecule has 1 aliphatic heterocycles. The summed E-state index contributed by atoms with van der Waals surface area (Å²) >= 11 is 0. The normalized spacial score (nSPS) is 14.1. The molecule has 1 aromatic heterocycles. The molecule has 2 amide bonds. The van der Waals surface area contributed by atoms with Crippen LogP contribution in [0.4, 0.5) is 11.5 Å². The minimum absolute atomic E-state index is 0.0312. The van der Waals surface area contributed by atoms with Crippen LogP contribution in [0.3, 0.4) is 0 Å². The van der Waals surface area contributed by atoms with Gasteiger partial charge in [0.25, 0.3) is 5.91 Å². The molecule has 0 saturated carbocycles. The molecule has 2 heterocycles. The highest BCUT2D eigenvalue weighted by atomic mass is 16.5. The van der Waals surface area contributed by atoms with Gasteiger partial charge in [-0.1, -0.05) is 12.1 Å². The van der Waals surface area contributed by atoms with E-state index in [9.17, 15) is 9.59 Å². The van der Waals surface area contributed by atoms with Gasteiger partial charge in [0.2, 0.25) is 5.91 Å². The Labute approximate surface area is 151 Å². The molecule has 0 bridgehead atoms. The highest BCUT2D eigenvalue weighted by Gasteiger charge is 2.24. The maximum Gasteiger partial charge on any atom is 0.274 e. The number of piperazine rings is 1. The summed E-state index contributed by atoms with van der Waals surface area (Å²) in [6, 6.07) is 7.47. The van der Waals surface area contributed by atoms with E-state index in [0.717, 1.165) is 5.69 Å². The van der Waals surface area contributed by atoms with E-state index in [-0.39, 0.29) is 17.5 Å². The van der Waals surface area contributed by atoms with Gasteiger partial charge in [-0.05, 0) is 12.1 Å². The summed E-state index contributed by atoms with van der Waals surface area (Å²) in [7, 11) is 1.60. The molecule has 2 aromatic rings. The van der Waals surface area contributed by atoms with Crippen LogP contribution in [0.15, 0.2) is 36.7 Å². The zero-order chi connectivity index (χ0) is 18.5. The summed E-state index contributed by atoms with van der Waals surface area (Å²) in [6.07, 6.45) is 2.98. The molecule has 26 heavy (non-hydrogen) atoms.